The molecule has 2 aromatic rings. The number of hydrogen-bond donors (Lipinski definition) is 3. The van der Waals surface area contributed by atoms with Crippen molar-refractivity contribution in [2.45, 2.75) is 6.42 Å². The Balaban J connectivity index is 2.00. The Labute approximate surface area is 120 Å². The number of primary amides is 1. The van der Waals surface area contributed by atoms with E-state index in [-0.39, 0.29) is 5.56 Å². The molecule has 0 atom stereocenters. The van der Waals surface area contributed by atoms with E-state index in [0.717, 1.165) is 6.07 Å². The van der Waals surface area contributed by atoms with E-state index in [1.165, 1.54) is 12.1 Å². The van der Waals surface area contributed by atoms with Crippen LogP contribution in [0.1, 0.15) is 15.9 Å². The van der Waals surface area contributed by atoms with E-state index in [1.54, 1.807) is 18.2 Å². The van der Waals surface area contributed by atoms with Crippen molar-refractivity contribution in [2.24, 2.45) is 5.73 Å². The Morgan fingerprint density at radius 1 is 1.10 bits per heavy atom. The van der Waals surface area contributed by atoms with Crippen LogP contribution in [0.4, 0.5) is 20.2 Å². The summed E-state index contributed by atoms with van der Waals surface area (Å²) >= 11 is 0. The van der Waals surface area contributed by atoms with Crippen LogP contribution in [-0.2, 0) is 6.42 Å². The monoisotopic (exact) mass is 291 g/mol. The molecule has 0 saturated carbocycles. The van der Waals surface area contributed by atoms with Gasteiger partial charge in [-0.3, -0.25) is 4.79 Å². The lowest BCUT2D eigenvalue weighted by Gasteiger charge is -2.09. The Bertz CT molecular complexity index is 654. The number of hydrogen-bond acceptors (Lipinski definition) is 3. The molecular weight excluding hydrogens is 276 g/mol. The summed E-state index contributed by atoms with van der Waals surface area (Å²) in [5.74, 6) is -1.81. The third kappa shape index (κ3) is 3.92. The van der Waals surface area contributed by atoms with Gasteiger partial charge in [0.2, 0.25) is 0 Å². The van der Waals surface area contributed by atoms with Crippen LogP contribution in [0.2, 0.25) is 0 Å². The quantitative estimate of drug-likeness (QED) is 0.739. The zero-order valence-electron chi connectivity index (χ0n) is 11.2. The highest BCUT2D eigenvalue weighted by molar-refractivity contribution is 5.98. The van der Waals surface area contributed by atoms with Gasteiger partial charge >= 0.3 is 0 Å². The van der Waals surface area contributed by atoms with Gasteiger partial charge in [-0.05, 0) is 42.3 Å². The van der Waals surface area contributed by atoms with Gasteiger partial charge in [-0.2, -0.15) is 0 Å². The largest absolute Gasteiger partial charge is 0.398 e. The normalized spacial score (nSPS) is 10.4. The molecule has 0 bridgehead atoms. The first kappa shape index (κ1) is 14.8. The maximum absolute atomic E-state index is 13.0. The number of halogens is 2. The van der Waals surface area contributed by atoms with Gasteiger partial charge in [-0.25, -0.2) is 8.78 Å². The molecule has 0 radical (unpaired) electrons. The summed E-state index contributed by atoms with van der Waals surface area (Å²) in [6.45, 7) is 0.449. The highest BCUT2D eigenvalue weighted by Gasteiger charge is 2.06. The Hall–Kier alpha value is -2.63. The molecular formula is C15H15F2N3O. The first-order chi connectivity index (χ1) is 9.95. The zero-order valence-corrected chi connectivity index (χ0v) is 11.2. The predicted molar refractivity (Wildman–Crippen MR) is 77.9 cm³/mol. The van der Waals surface area contributed by atoms with Crippen LogP contribution < -0.4 is 16.8 Å². The second kappa shape index (κ2) is 6.21. The second-order valence-electron chi connectivity index (χ2n) is 4.62. The van der Waals surface area contributed by atoms with Gasteiger partial charge in [0.1, 0.15) is 11.6 Å². The van der Waals surface area contributed by atoms with Crippen molar-refractivity contribution in [3.63, 3.8) is 0 Å². The number of anilines is 2. The molecule has 0 unspecified atom stereocenters. The highest BCUT2D eigenvalue weighted by atomic mass is 19.1. The lowest BCUT2D eigenvalue weighted by Crippen LogP contribution is -2.14. The van der Waals surface area contributed by atoms with Gasteiger partial charge in [-0.15, -0.1) is 0 Å². The van der Waals surface area contributed by atoms with Crippen LogP contribution in [0.5, 0.6) is 0 Å². The number of carbonyl (C=O) groups excluding carboxylic acids is 1. The molecule has 0 fully saturated rings. The number of amides is 1. The minimum absolute atomic E-state index is 0.233. The van der Waals surface area contributed by atoms with Crippen LogP contribution in [0.15, 0.2) is 36.4 Å². The van der Waals surface area contributed by atoms with Crippen molar-refractivity contribution in [1.29, 1.82) is 0 Å². The number of rotatable bonds is 5. The van der Waals surface area contributed by atoms with Crippen molar-refractivity contribution in [2.75, 3.05) is 17.6 Å². The average molecular weight is 291 g/mol. The fourth-order valence-electron chi connectivity index (χ4n) is 1.99. The number of nitrogen functional groups attached to an aromatic ring is 1. The van der Waals surface area contributed by atoms with Gasteiger partial charge in [-0.1, -0.05) is 0 Å². The molecule has 1 amide bonds. The Morgan fingerprint density at radius 3 is 2.38 bits per heavy atom. The number of nitrogens with one attached hydrogen (secondary N) is 1. The summed E-state index contributed by atoms with van der Waals surface area (Å²) in [5, 5.41) is 3.05. The fourth-order valence-corrected chi connectivity index (χ4v) is 1.99. The van der Waals surface area contributed by atoms with Gasteiger partial charge in [0.05, 0.1) is 5.56 Å². The lowest BCUT2D eigenvalue weighted by molar-refractivity contribution is 0.100. The summed E-state index contributed by atoms with van der Waals surface area (Å²) in [6.07, 6.45) is 0.435. The van der Waals surface area contributed by atoms with E-state index in [1.807, 2.05) is 0 Å². The molecule has 0 aliphatic carbocycles. The van der Waals surface area contributed by atoms with Crippen molar-refractivity contribution >= 4 is 17.3 Å². The topological polar surface area (TPSA) is 81.1 Å². The molecule has 0 aromatic heterocycles. The third-order valence-corrected chi connectivity index (χ3v) is 2.98. The lowest BCUT2D eigenvalue weighted by atomic mass is 10.1. The first-order valence-corrected chi connectivity index (χ1v) is 6.34. The summed E-state index contributed by atoms with van der Waals surface area (Å²) in [4.78, 5) is 11.2. The van der Waals surface area contributed by atoms with Gasteiger partial charge in [0.25, 0.3) is 5.91 Å². The van der Waals surface area contributed by atoms with Crippen LogP contribution in [-0.4, -0.2) is 12.5 Å². The fraction of sp³-hybridized carbons (Fsp3) is 0.133. The average Bonchev–Trinajstić information content (AvgIpc) is 2.39. The predicted octanol–water partition coefficient (Wildman–Crippen LogP) is 2.30. The molecule has 0 spiro atoms. The minimum atomic E-state index is -0.608. The molecule has 21 heavy (non-hydrogen) atoms. The van der Waals surface area contributed by atoms with Crippen LogP contribution in [0, 0.1) is 11.6 Å². The van der Waals surface area contributed by atoms with Crippen molar-refractivity contribution in [3.05, 3.63) is 59.2 Å². The van der Waals surface area contributed by atoms with E-state index >= 15 is 0 Å². The molecule has 4 nitrogen and oxygen atoms in total. The second-order valence-corrected chi connectivity index (χ2v) is 4.62. The molecule has 110 valence electrons. The standard InChI is InChI=1S/C15H15F2N3O/c16-10-5-9(6-11(17)7-10)3-4-20-12-1-2-14(18)13(8-12)15(19)21/h1-2,5-8,20H,3-4,18H2,(H2,19,21). The SMILES string of the molecule is NC(=O)c1cc(NCCc2cc(F)cc(F)c2)ccc1N. The van der Waals surface area contributed by atoms with E-state index in [4.69, 9.17) is 11.5 Å². The molecule has 0 aliphatic heterocycles. The van der Waals surface area contributed by atoms with E-state index in [2.05, 4.69) is 5.32 Å². The number of nitrogens with two attached hydrogens (primary N) is 2. The van der Waals surface area contributed by atoms with Gasteiger partial charge < -0.3 is 16.8 Å². The summed E-state index contributed by atoms with van der Waals surface area (Å²) < 4.78 is 26.1. The van der Waals surface area contributed by atoms with Gasteiger partial charge in [0, 0.05) is 24.0 Å². The van der Waals surface area contributed by atoms with E-state index in [0.29, 0.717) is 29.9 Å². The van der Waals surface area contributed by atoms with E-state index < -0.39 is 17.5 Å². The Kier molecular flexibility index (Phi) is 4.37. The third-order valence-electron chi connectivity index (χ3n) is 2.98. The molecule has 0 heterocycles. The van der Waals surface area contributed by atoms with Gasteiger partial charge in [0.15, 0.2) is 0 Å². The smallest absolute Gasteiger partial charge is 0.250 e. The zero-order chi connectivity index (χ0) is 15.4. The van der Waals surface area contributed by atoms with Crippen molar-refractivity contribution in [3.8, 4) is 0 Å². The molecule has 0 aliphatic rings. The molecule has 5 N–H and O–H groups in total. The number of benzene rings is 2. The maximum Gasteiger partial charge on any atom is 0.250 e. The first-order valence-electron chi connectivity index (χ1n) is 6.34. The van der Waals surface area contributed by atoms with E-state index in [9.17, 15) is 13.6 Å². The molecule has 2 rings (SSSR count). The molecule has 6 heteroatoms. The van der Waals surface area contributed by atoms with Crippen molar-refractivity contribution in [1.82, 2.24) is 0 Å². The summed E-state index contributed by atoms with van der Waals surface area (Å²) in [5.41, 5.74) is 12.6. The summed E-state index contributed by atoms with van der Waals surface area (Å²) in [7, 11) is 0. The van der Waals surface area contributed by atoms with Crippen LogP contribution >= 0.6 is 0 Å². The number of carbonyl (C=O) groups is 1. The molecule has 2 aromatic carbocycles. The van der Waals surface area contributed by atoms with Crippen LogP contribution in [0.3, 0.4) is 0 Å². The highest BCUT2D eigenvalue weighted by Crippen LogP contribution is 2.17. The maximum atomic E-state index is 13.0. The summed E-state index contributed by atoms with van der Waals surface area (Å²) in [6, 6.07) is 8.21. The van der Waals surface area contributed by atoms with Crippen molar-refractivity contribution < 1.29 is 13.6 Å². The van der Waals surface area contributed by atoms with Crippen LogP contribution in [0.25, 0.3) is 0 Å². The Morgan fingerprint density at radius 2 is 1.76 bits per heavy atom. The minimum Gasteiger partial charge on any atom is -0.398 e. The molecule has 0 saturated heterocycles.